The molecule has 9 heteroatoms. The summed E-state index contributed by atoms with van der Waals surface area (Å²) < 4.78 is 0. The van der Waals surface area contributed by atoms with Crippen molar-refractivity contribution in [2.24, 2.45) is 0 Å². The van der Waals surface area contributed by atoms with Crippen LogP contribution in [0.15, 0.2) is 24.3 Å². The lowest BCUT2D eigenvalue weighted by Gasteiger charge is -2.10. The molecule has 0 saturated heterocycles. The van der Waals surface area contributed by atoms with Crippen LogP contribution in [0.4, 0.5) is 5.69 Å². The van der Waals surface area contributed by atoms with Gasteiger partial charge in [0.1, 0.15) is 0 Å². The molecule has 0 heterocycles. The molecular weight excluding hydrogens is 352 g/mol. The van der Waals surface area contributed by atoms with Gasteiger partial charge in [-0.25, -0.2) is 0 Å². The zero-order valence-electron chi connectivity index (χ0n) is 13.1. The number of benzene rings is 1. The molecule has 24 heavy (non-hydrogen) atoms. The summed E-state index contributed by atoms with van der Waals surface area (Å²) in [5.41, 5.74) is 5.20. The van der Waals surface area contributed by atoms with Crippen LogP contribution in [-0.4, -0.2) is 22.8 Å². The second-order valence-electron chi connectivity index (χ2n) is 4.83. The molecular formula is C15H19ClN4O3S. The topological polar surface area (TPSA) is 99.3 Å². The van der Waals surface area contributed by atoms with Gasteiger partial charge in [-0.05, 0) is 30.8 Å². The summed E-state index contributed by atoms with van der Waals surface area (Å²) in [4.78, 5) is 34.7. The highest BCUT2D eigenvalue weighted by Crippen LogP contribution is 2.20. The summed E-state index contributed by atoms with van der Waals surface area (Å²) in [6.07, 6.45) is 0.974. The predicted molar refractivity (Wildman–Crippen MR) is 96.2 cm³/mol. The molecule has 7 nitrogen and oxygen atoms in total. The molecule has 0 fully saturated rings. The van der Waals surface area contributed by atoms with E-state index in [1.54, 1.807) is 24.3 Å². The van der Waals surface area contributed by atoms with Gasteiger partial charge in [0.15, 0.2) is 5.11 Å². The van der Waals surface area contributed by atoms with E-state index in [-0.39, 0.29) is 29.8 Å². The molecule has 0 aliphatic rings. The molecule has 1 rings (SSSR count). The van der Waals surface area contributed by atoms with Gasteiger partial charge in [-0.3, -0.25) is 25.2 Å². The summed E-state index contributed by atoms with van der Waals surface area (Å²) in [5, 5.41) is 5.45. The fraction of sp³-hybridized carbons (Fsp3) is 0.333. The van der Waals surface area contributed by atoms with Crippen LogP contribution < -0.4 is 21.5 Å². The van der Waals surface area contributed by atoms with E-state index in [2.05, 4.69) is 21.5 Å². The number of carbonyl (C=O) groups is 3. The molecule has 3 amide bonds. The van der Waals surface area contributed by atoms with Crippen LogP contribution in [0.1, 0.15) is 32.6 Å². The molecule has 130 valence electrons. The number of hydrogen-bond donors (Lipinski definition) is 4. The van der Waals surface area contributed by atoms with Gasteiger partial charge in [-0.2, -0.15) is 0 Å². The minimum Gasteiger partial charge on any atom is -0.325 e. The summed E-state index contributed by atoms with van der Waals surface area (Å²) in [5.74, 6) is -1.00. The predicted octanol–water partition coefficient (Wildman–Crippen LogP) is 1.88. The third-order valence-corrected chi connectivity index (χ3v) is 3.31. The van der Waals surface area contributed by atoms with Crippen molar-refractivity contribution in [1.29, 1.82) is 0 Å². The van der Waals surface area contributed by atoms with Gasteiger partial charge in [-0.15, -0.1) is 0 Å². The SMILES string of the molecule is CCCC(=O)NC(=S)NNC(=O)CCC(=O)Nc1ccccc1Cl. The molecule has 1 aromatic rings. The zero-order chi connectivity index (χ0) is 17.9. The number of rotatable bonds is 6. The average molecular weight is 371 g/mol. The number of halogens is 1. The van der Waals surface area contributed by atoms with E-state index in [0.717, 1.165) is 0 Å². The van der Waals surface area contributed by atoms with Gasteiger partial charge >= 0.3 is 0 Å². The number of anilines is 1. The van der Waals surface area contributed by atoms with Crippen LogP contribution in [0.5, 0.6) is 0 Å². The number of hydrogen-bond acceptors (Lipinski definition) is 4. The van der Waals surface area contributed by atoms with Crippen LogP contribution in [0, 0.1) is 0 Å². The van der Waals surface area contributed by atoms with Crippen molar-refractivity contribution in [2.45, 2.75) is 32.6 Å². The summed E-state index contributed by atoms with van der Waals surface area (Å²) >= 11 is 10.8. The normalized spacial score (nSPS) is 9.75. The number of nitrogens with one attached hydrogen (secondary N) is 4. The lowest BCUT2D eigenvalue weighted by molar-refractivity contribution is -0.124. The molecule has 0 bridgehead atoms. The monoisotopic (exact) mass is 370 g/mol. The molecule has 1 aromatic carbocycles. The molecule has 0 aliphatic carbocycles. The van der Waals surface area contributed by atoms with Crippen LogP contribution in [0.3, 0.4) is 0 Å². The number of carbonyl (C=O) groups excluding carboxylic acids is 3. The van der Waals surface area contributed by atoms with E-state index in [0.29, 0.717) is 23.6 Å². The first-order valence-electron chi connectivity index (χ1n) is 7.35. The number of hydrazine groups is 1. The van der Waals surface area contributed by atoms with Crippen LogP contribution in [0.2, 0.25) is 5.02 Å². The molecule has 0 saturated carbocycles. The Hall–Kier alpha value is -2.19. The maximum atomic E-state index is 11.8. The molecule has 0 aliphatic heterocycles. The van der Waals surface area contributed by atoms with Gasteiger partial charge in [-0.1, -0.05) is 30.7 Å². The minimum atomic E-state index is -0.434. The van der Waals surface area contributed by atoms with Crippen molar-refractivity contribution < 1.29 is 14.4 Å². The fourth-order valence-electron chi connectivity index (χ4n) is 1.64. The summed E-state index contributed by atoms with van der Waals surface area (Å²) in [6, 6.07) is 6.81. The maximum Gasteiger partial charge on any atom is 0.238 e. The molecule has 0 atom stereocenters. The Morgan fingerprint density at radius 1 is 1.00 bits per heavy atom. The highest BCUT2D eigenvalue weighted by Gasteiger charge is 2.09. The first-order valence-corrected chi connectivity index (χ1v) is 8.14. The highest BCUT2D eigenvalue weighted by molar-refractivity contribution is 7.80. The van der Waals surface area contributed by atoms with E-state index < -0.39 is 5.91 Å². The lowest BCUT2D eigenvalue weighted by atomic mass is 10.2. The van der Waals surface area contributed by atoms with E-state index in [4.69, 9.17) is 23.8 Å². The Bertz CT molecular complexity index is 624. The first-order chi connectivity index (χ1) is 11.4. The Labute approximate surface area is 150 Å². The highest BCUT2D eigenvalue weighted by atomic mass is 35.5. The molecule has 0 aromatic heterocycles. The van der Waals surface area contributed by atoms with Gasteiger partial charge in [0.25, 0.3) is 0 Å². The van der Waals surface area contributed by atoms with Gasteiger partial charge in [0, 0.05) is 19.3 Å². The quantitative estimate of drug-likeness (QED) is 0.452. The molecule has 0 radical (unpaired) electrons. The summed E-state index contributed by atoms with van der Waals surface area (Å²) in [7, 11) is 0. The molecule has 0 unspecified atom stereocenters. The zero-order valence-corrected chi connectivity index (χ0v) is 14.7. The Morgan fingerprint density at radius 3 is 2.33 bits per heavy atom. The van der Waals surface area contributed by atoms with Crippen molar-refractivity contribution >= 4 is 52.3 Å². The van der Waals surface area contributed by atoms with Crippen LogP contribution in [0.25, 0.3) is 0 Å². The van der Waals surface area contributed by atoms with Gasteiger partial charge in [0.2, 0.25) is 17.7 Å². The van der Waals surface area contributed by atoms with E-state index >= 15 is 0 Å². The fourth-order valence-corrected chi connectivity index (χ4v) is 1.99. The van der Waals surface area contributed by atoms with E-state index in [1.807, 2.05) is 6.92 Å². The second kappa shape index (κ2) is 10.6. The van der Waals surface area contributed by atoms with Crippen molar-refractivity contribution in [3.8, 4) is 0 Å². The Balaban J connectivity index is 2.26. The third-order valence-electron chi connectivity index (χ3n) is 2.77. The Kier molecular flexibility index (Phi) is 8.74. The van der Waals surface area contributed by atoms with Crippen molar-refractivity contribution in [3.05, 3.63) is 29.3 Å². The summed E-state index contributed by atoms with van der Waals surface area (Å²) in [6.45, 7) is 1.87. The smallest absolute Gasteiger partial charge is 0.238 e. The number of thiocarbonyl (C=S) groups is 1. The van der Waals surface area contributed by atoms with Crippen LogP contribution >= 0.6 is 23.8 Å². The van der Waals surface area contributed by atoms with E-state index in [1.165, 1.54) is 0 Å². The minimum absolute atomic E-state index is 0.00215. The maximum absolute atomic E-state index is 11.8. The molecule has 0 spiro atoms. The number of para-hydroxylation sites is 1. The lowest BCUT2D eigenvalue weighted by Crippen LogP contribution is -2.48. The van der Waals surface area contributed by atoms with Crippen molar-refractivity contribution in [1.82, 2.24) is 16.2 Å². The van der Waals surface area contributed by atoms with Crippen LogP contribution in [-0.2, 0) is 14.4 Å². The van der Waals surface area contributed by atoms with Gasteiger partial charge < -0.3 is 10.6 Å². The number of amides is 3. The van der Waals surface area contributed by atoms with Crippen molar-refractivity contribution in [2.75, 3.05) is 5.32 Å². The van der Waals surface area contributed by atoms with E-state index in [9.17, 15) is 14.4 Å². The largest absolute Gasteiger partial charge is 0.325 e. The second-order valence-corrected chi connectivity index (χ2v) is 5.64. The average Bonchev–Trinajstić information content (AvgIpc) is 2.53. The third kappa shape index (κ3) is 7.89. The Morgan fingerprint density at radius 2 is 1.67 bits per heavy atom. The van der Waals surface area contributed by atoms with Crippen molar-refractivity contribution in [3.63, 3.8) is 0 Å². The standard InChI is InChI=1S/C15H19ClN4O3S/c1-2-5-12(21)18-15(24)20-19-14(23)9-8-13(22)17-11-7-4-3-6-10(11)16/h3-4,6-7H,2,5,8-9H2,1H3,(H,17,22)(H,19,23)(H2,18,20,21,24). The first kappa shape index (κ1) is 19.9. The molecule has 4 N–H and O–H groups in total. The van der Waals surface area contributed by atoms with Gasteiger partial charge in [0.05, 0.1) is 10.7 Å².